The highest BCUT2D eigenvalue weighted by Crippen LogP contribution is 2.28. The first-order chi connectivity index (χ1) is 21.2. The first-order valence-electron chi connectivity index (χ1n) is 15.0. The van der Waals surface area contributed by atoms with Crippen molar-refractivity contribution >= 4 is 35.0 Å². The maximum absolute atomic E-state index is 13.5. The van der Waals surface area contributed by atoms with Gasteiger partial charge in [0.2, 0.25) is 17.7 Å². The van der Waals surface area contributed by atoms with Crippen molar-refractivity contribution in [1.29, 1.82) is 0 Å². The Bertz CT molecular complexity index is 1460. The maximum Gasteiger partial charge on any atom is 0.273 e. The molecular formula is C31H38N6O6S. The van der Waals surface area contributed by atoms with E-state index in [4.69, 9.17) is 4.42 Å². The Labute approximate surface area is 259 Å². The number of hydrogen-bond donors (Lipinski definition) is 4. The number of carbonyl (C=O) groups excluding carboxylic acids is 4. The van der Waals surface area contributed by atoms with Crippen LogP contribution in [0.25, 0.3) is 0 Å². The second kappa shape index (κ2) is 14.1. The highest BCUT2D eigenvalue weighted by Gasteiger charge is 2.32. The van der Waals surface area contributed by atoms with Gasteiger partial charge >= 0.3 is 0 Å². The smallest absolute Gasteiger partial charge is 0.273 e. The van der Waals surface area contributed by atoms with Crippen LogP contribution in [0.2, 0.25) is 0 Å². The third kappa shape index (κ3) is 7.69. The molecule has 3 aromatic rings. The Morgan fingerprint density at radius 1 is 1.05 bits per heavy atom. The molecule has 44 heavy (non-hydrogen) atoms. The van der Waals surface area contributed by atoms with Gasteiger partial charge in [0.25, 0.3) is 11.8 Å². The summed E-state index contributed by atoms with van der Waals surface area (Å²) in [5.74, 6) is -1.68. The number of hydrogen-bond acceptors (Lipinski definition) is 9. The predicted octanol–water partition coefficient (Wildman–Crippen LogP) is 2.78. The van der Waals surface area contributed by atoms with Gasteiger partial charge in [-0.1, -0.05) is 44.2 Å². The maximum atomic E-state index is 13.5. The van der Waals surface area contributed by atoms with Crippen molar-refractivity contribution < 1.29 is 28.7 Å². The van der Waals surface area contributed by atoms with Gasteiger partial charge in [0.1, 0.15) is 23.0 Å². The van der Waals surface area contributed by atoms with E-state index in [1.54, 1.807) is 5.38 Å². The van der Waals surface area contributed by atoms with Gasteiger partial charge in [-0.15, -0.1) is 11.3 Å². The van der Waals surface area contributed by atoms with E-state index in [2.05, 4.69) is 25.9 Å². The molecule has 1 aliphatic heterocycles. The fourth-order valence-corrected chi connectivity index (χ4v) is 6.54. The summed E-state index contributed by atoms with van der Waals surface area (Å²) in [7, 11) is 0. The van der Waals surface area contributed by atoms with Crippen LogP contribution in [0.15, 0.2) is 46.4 Å². The SMILES string of the molecule is CC(C)[C@@H]1NC(=O)CN(C(=O)C2CCC(O)CC2)CCNC(=O)c2coc(n2)[C@H](Cc2ccccc2)NC(=O)c2csc1n2. The van der Waals surface area contributed by atoms with Gasteiger partial charge in [0.15, 0.2) is 5.69 Å². The molecule has 234 valence electrons. The van der Waals surface area contributed by atoms with Crippen molar-refractivity contribution in [3.8, 4) is 0 Å². The van der Waals surface area contributed by atoms with Crippen molar-refractivity contribution in [2.45, 2.75) is 64.1 Å². The van der Waals surface area contributed by atoms with E-state index in [0.717, 1.165) is 5.56 Å². The number of aliphatic hydroxyl groups excluding tert-OH is 1. The first-order valence-corrected chi connectivity index (χ1v) is 15.9. The van der Waals surface area contributed by atoms with Crippen LogP contribution in [-0.2, 0) is 16.0 Å². The van der Waals surface area contributed by atoms with Crippen LogP contribution in [0, 0.1) is 11.8 Å². The minimum atomic E-state index is -0.682. The lowest BCUT2D eigenvalue weighted by molar-refractivity contribution is -0.141. The molecule has 12 nitrogen and oxygen atoms in total. The van der Waals surface area contributed by atoms with E-state index < -0.39 is 30.0 Å². The summed E-state index contributed by atoms with van der Waals surface area (Å²) in [5.41, 5.74) is 1.15. The Balaban J connectivity index is 1.43. The lowest BCUT2D eigenvalue weighted by Crippen LogP contribution is -2.48. The molecular weight excluding hydrogens is 584 g/mol. The summed E-state index contributed by atoms with van der Waals surface area (Å²) >= 11 is 1.27. The zero-order valence-electron chi connectivity index (χ0n) is 24.8. The summed E-state index contributed by atoms with van der Waals surface area (Å²) in [5, 5.41) is 20.9. The van der Waals surface area contributed by atoms with Crippen LogP contribution in [-0.4, -0.2) is 69.3 Å². The summed E-state index contributed by atoms with van der Waals surface area (Å²) in [4.78, 5) is 63.7. The highest BCUT2D eigenvalue weighted by molar-refractivity contribution is 7.09. The van der Waals surface area contributed by atoms with Gasteiger partial charge in [-0.2, -0.15) is 0 Å². The molecule has 1 aromatic carbocycles. The van der Waals surface area contributed by atoms with Gasteiger partial charge in [0, 0.05) is 30.8 Å². The van der Waals surface area contributed by atoms with E-state index >= 15 is 0 Å². The van der Waals surface area contributed by atoms with E-state index in [9.17, 15) is 24.3 Å². The van der Waals surface area contributed by atoms with Gasteiger partial charge in [0.05, 0.1) is 18.7 Å². The van der Waals surface area contributed by atoms with Gasteiger partial charge in [-0.05, 0) is 37.2 Å². The summed E-state index contributed by atoms with van der Waals surface area (Å²) in [6.45, 7) is 3.88. The number of thiazole rings is 1. The van der Waals surface area contributed by atoms with Crippen molar-refractivity contribution in [2.75, 3.05) is 19.6 Å². The molecule has 0 saturated heterocycles. The van der Waals surface area contributed by atoms with Crippen LogP contribution in [0.5, 0.6) is 0 Å². The molecule has 5 rings (SSSR count). The van der Waals surface area contributed by atoms with E-state index in [-0.39, 0.29) is 60.6 Å². The molecule has 1 saturated carbocycles. The molecule has 1 fully saturated rings. The zero-order chi connectivity index (χ0) is 31.2. The number of aliphatic hydroxyl groups is 1. The van der Waals surface area contributed by atoms with Crippen LogP contribution < -0.4 is 16.0 Å². The third-order valence-corrected chi connectivity index (χ3v) is 8.93. The largest absolute Gasteiger partial charge is 0.446 e. The van der Waals surface area contributed by atoms with Gasteiger partial charge in [-0.3, -0.25) is 19.2 Å². The van der Waals surface area contributed by atoms with Crippen molar-refractivity contribution in [2.24, 2.45) is 11.8 Å². The lowest BCUT2D eigenvalue weighted by atomic mass is 9.86. The molecule has 0 spiro atoms. The van der Waals surface area contributed by atoms with Gasteiger partial charge < -0.3 is 30.4 Å². The molecule has 0 unspecified atom stereocenters. The minimum absolute atomic E-state index is 0.0287. The second-order valence-electron chi connectivity index (χ2n) is 11.7. The molecule has 13 heteroatoms. The van der Waals surface area contributed by atoms with Crippen molar-refractivity contribution in [3.05, 3.63) is 69.8 Å². The lowest BCUT2D eigenvalue weighted by Gasteiger charge is -2.31. The molecule has 4 N–H and O–H groups in total. The number of carbonyl (C=O) groups is 4. The topological polar surface area (TPSA) is 167 Å². The molecule has 2 aromatic heterocycles. The van der Waals surface area contributed by atoms with Crippen LogP contribution in [0.3, 0.4) is 0 Å². The first kappa shape index (κ1) is 31.3. The monoisotopic (exact) mass is 622 g/mol. The summed E-state index contributed by atoms with van der Waals surface area (Å²) in [6.07, 6.45) is 3.32. The number of amides is 4. The number of nitrogens with zero attached hydrogens (tertiary/aromatic N) is 3. The molecule has 3 heterocycles. The number of rotatable bonds is 4. The van der Waals surface area contributed by atoms with Crippen molar-refractivity contribution in [1.82, 2.24) is 30.8 Å². The van der Waals surface area contributed by atoms with E-state index in [1.165, 1.54) is 22.5 Å². The van der Waals surface area contributed by atoms with Gasteiger partial charge in [-0.25, -0.2) is 9.97 Å². The van der Waals surface area contributed by atoms with Crippen molar-refractivity contribution in [3.63, 3.8) is 0 Å². The second-order valence-corrected chi connectivity index (χ2v) is 12.6. The molecule has 4 amide bonds. The Hall–Kier alpha value is -4.10. The minimum Gasteiger partial charge on any atom is -0.446 e. The van der Waals surface area contributed by atoms with E-state index in [1.807, 2.05) is 44.2 Å². The number of nitrogens with one attached hydrogen (secondary N) is 3. The van der Waals surface area contributed by atoms with Crippen LogP contribution in [0.4, 0.5) is 0 Å². The predicted molar refractivity (Wildman–Crippen MR) is 162 cm³/mol. The molecule has 0 radical (unpaired) electrons. The number of oxazole rings is 1. The molecule has 2 atom stereocenters. The Kier molecular flexibility index (Phi) is 10.1. The molecule has 4 bridgehead atoms. The third-order valence-electron chi connectivity index (χ3n) is 8.00. The Morgan fingerprint density at radius 2 is 1.80 bits per heavy atom. The normalized spacial score (nSPS) is 23.7. The average Bonchev–Trinajstić information content (AvgIpc) is 3.70. The fraction of sp³-hybridized carbons (Fsp3) is 0.484. The zero-order valence-corrected chi connectivity index (χ0v) is 25.6. The fourth-order valence-electron chi connectivity index (χ4n) is 5.52. The van der Waals surface area contributed by atoms with Crippen LogP contribution >= 0.6 is 11.3 Å². The summed E-state index contributed by atoms with van der Waals surface area (Å²) in [6, 6.07) is 8.37. The number of fused-ring (bicyclic) bond motifs is 4. The average molecular weight is 623 g/mol. The Morgan fingerprint density at radius 3 is 2.52 bits per heavy atom. The number of benzene rings is 1. The summed E-state index contributed by atoms with van der Waals surface area (Å²) < 4.78 is 5.69. The molecule has 2 aliphatic rings. The van der Waals surface area contributed by atoms with E-state index in [0.29, 0.717) is 37.1 Å². The highest BCUT2D eigenvalue weighted by atomic mass is 32.1. The standard InChI is InChI=1S/C31H38N6O6S/c1-18(2)26-30-35-24(17-44-30)28(41)33-22(14-19-6-4-3-5-7-19)29-34-23(16-43-29)27(40)32-12-13-37(15-25(39)36-26)31(42)20-8-10-21(38)11-9-20/h3-7,16-18,20-22,26,38H,8-15H2,1-2H3,(H,32,40)(H,33,41)(H,36,39)/t20?,21?,22-,26-/m0/s1. The van der Waals surface area contributed by atoms with Crippen LogP contribution in [0.1, 0.15) is 89.1 Å². The quantitative estimate of drug-likeness (QED) is 0.345. The molecule has 1 aliphatic carbocycles. The number of aromatic nitrogens is 2.